The highest BCUT2D eigenvalue weighted by atomic mass is 32.1. The molecule has 0 atom stereocenters. The lowest BCUT2D eigenvalue weighted by atomic mass is 10.1. The van der Waals surface area contributed by atoms with Gasteiger partial charge in [-0.15, -0.1) is 11.3 Å². The Morgan fingerprint density at radius 2 is 2.16 bits per heavy atom. The second-order valence-electron chi connectivity index (χ2n) is 4.60. The maximum atomic E-state index is 11.2. The van der Waals surface area contributed by atoms with Gasteiger partial charge >= 0.3 is 0 Å². The Balaban J connectivity index is 2.08. The molecule has 3 aromatic rings. The molecule has 0 bridgehead atoms. The van der Waals surface area contributed by atoms with Crippen LogP contribution in [0.1, 0.15) is 25.9 Å². The van der Waals surface area contributed by atoms with Crippen LogP contribution in [0.15, 0.2) is 30.5 Å². The monoisotopic (exact) mass is 270 g/mol. The molecule has 0 aliphatic carbocycles. The van der Waals surface area contributed by atoms with Gasteiger partial charge in [0.1, 0.15) is 5.01 Å². The number of hydrogen-bond donors (Lipinski definition) is 0. The molecule has 1 aromatic carbocycles. The van der Waals surface area contributed by atoms with E-state index in [-0.39, 0.29) is 0 Å². The van der Waals surface area contributed by atoms with E-state index in [9.17, 15) is 4.79 Å². The maximum Gasteiger partial charge on any atom is 0.152 e. The minimum absolute atomic E-state index is 0.716. The molecule has 96 valence electrons. The number of aryl methyl sites for hydroxylation is 2. The van der Waals surface area contributed by atoms with Crippen molar-refractivity contribution in [3.05, 3.63) is 51.6 Å². The van der Waals surface area contributed by atoms with E-state index < -0.39 is 0 Å². The molecule has 4 heteroatoms. The molecule has 2 aromatic heterocycles. The Morgan fingerprint density at radius 3 is 2.84 bits per heavy atom. The number of aldehydes is 1. The Kier molecular flexibility index (Phi) is 2.95. The van der Waals surface area contributed by atoms with Crippen molar-refractivity contribution in [2.24, 2.45) is 0 Å². The number of nitrogens with zero attached hydrogens (tertiary/aromatic N) is 2. The van der Waals surface area contributed by atoms with Gasteiger partial charge in [0.2, 0.25) is 0 Å². The first-order valence-corrected chi connectivity index (χ1v) is 6.96. The summed E-state index contributed by atoms with van der Waals surface area (Å²) in [7, 11) is 0. The SMILES string of the molecule is Cc1nc(Cn2ccc3cccc(C=O)c32)sc1C. The van der Waals surface area contributed by atoms with Crippen molar-refractivity contribution in [1.29, 1.82) is 0 Å². The zero-order chi connectivity index (χ0) is 13.4. The summed E-state index contributed by atoms with van der Waals surface area (Å²) in [5, 5.41) is 2.17. The molecule has 3 rings (SSSR count). The molecule has 0 aliphatic rings. The standard InChI is InChI=1S/C15H14N2OS/c1-10-11(2)19-14(16-10)8-17-7-6-12-4-3-5-13(9-18)15(12)17/h3-7,9H,8H2,1-2H3. The smallest absolute Gasteiger partial charge is 0.152 e. The minimum atomic E-state index is 0.716. The highest BCUT2D eigenvalue weighted by Gasteiger charge is 2.09. The maximum absolute atomic E-state index is 11.2. The van der Waals surface area contributed by atoms with Crippen molar-refractivity contribution in [2.75, 3.05) is 0 Å². The normalized spacial score (nSPS) is 11.1. The van der Waals surface area contributed by atoms with E-state index >= 15 is 0 Å². The molecule has 0 saturated carbocycles. The Morgan fingerprint density at radius 1 is 1.32 bits per heavy atom. The van der Waals surface area contributed by atoms with Gasteiger partial charge < -0.3 is 4.57 Å². The van der Waals surface area contributed by atoms with Crippen molar-refractivity contribution in [3.8, 4) is 0 Å². The fourth-order valence-corrected chi connectivity index (χ4v) is 3.20. The summed E-state index contributed by atoms with van der Waals surface area (Å²) in [6.45, 7) is 4.83. The van der Waals surface area contributed by atoms with Crippen molar-refractivity contribution in [3.63, 3.8) is 0 Å². The fourth-order valence-electron chi connectivity index (χ4n) is 2.27. The zero-order valence-corrected chi connectivity index (χ0v) is 11.7. The molecule has 0 amide bonds. The van der Waals surface area contributed by atoms with E-state index in [4.69, 9.17) is 0 Å². The Bertz CT molecular complexity index is 735. The molecule has 0 spiro atoms. The number of benzene rings is 1. The summed E-state index contributed by atoms with van der Waals surface area (Å²) < 4.78 is 2.09. The van der Waals surface area contributed by atoms with Gasteiger partial charge in [-0.05, 0) is 26.0 Å². The van der Waals surface area contributed by atoms with Crippen LogP contribution in [0.2, 0.25) is 0 Å². The number of thiazole rings is 1. The molecular weight excluding hydrogens is 256 g/mol. The van der Waals surface area contributed by atoms with E-state index in [2.05, 4.69) is 16.5 Å². The number of carbonyl (C=O) groups is 1. The molecule has 0 unspecified atom stereocenters. The largest absolute Gasteiger partial charge is 0.340 e. The number of rotatable bonds is 3. The van der Waals surface area contributed by atoms with E-state index in [0.29, 0.717) is 6.54 Å². The van der Waals surface area contributed by atoms with Crippen LogP contribution in [0.5, 0.6) is 0 Å². The second kappa shape index (κ2) is 4.63. The lowest BCUT2D eigenvalue weighted by Crippen LogP contribution is -1.99. The molecule has 2 heterocycles. The number of aromatic nitrogens is 2. The molecule has 0 aliphatic heterocycles. The summed E-state index contributed by atoms with van der Waals surface area (Å²) in [6.07, 6.45) is 2.93. The van der Waals surface area contributed by atoms with Gasteiger partial charge in [-0.25, -0.2) is 4.98 Å². The van der Waals surface area contributed by atoms with E-state index in [0.717, 1.165) is 33.5 Å². The first-order chi connectivity index (χ1) is 9.19. The summed E-state index contributed by atoms with van der Waals surface area (Å²) >= 11 is 1.71. The third kappa shape index (κ3) is 2.08. The highest BCUT2D eigenvalue weighted by molar-refractivity contribution is 7.11. The van der Waals surface area contributed by atoms with Crippen LogP contribution in [0.25, 0.3) is 10.9 Å². The summed E-state index contributed by atoms with van der Waals surface area (Å²) in [5.74, 6) is 0. The first kappa shape index (κ1) is 12.1. The van der Waals surface area contributed by atoms with Gasteiger partial charge in [0.25, 0.3) is 0 Å². The Hall–Kier alpha value is -1.94. The Labute approximate surface area is 115 Å². The van der Waals surface area contributed by atoms with Crippen molar-refractivity contribution >= 4 is 28.5 Å². The van der Waals surface area contributed by atoms with Crippen LogP contribution in [-0.2, 0) is 6.54 Å². The van der Waals surface area contributed by atoms with Crippen molar-refractivity contribution in [1.82, 2.24) is 9.55 Å². The van der Waals surface area contributed by atoms with Gasteiger partial charge in [-0.2, -0.15) is 0 Å². The molecule has 0 radical (unpaired) electrons. The third-order valence-corrected chi connectivity index (χ3v) is 4.38. The topological polar surface area (TPSA) is 34.9 Å². The lowest BCUT2D eigenvalue weighted by molar-refractivity contribution is 0.112. The van der Waals surface area contributed by atoms with E-state index in [1.807, 2.05) is 37.4 Å². The van der Waals surface area contributed by atoms with Crippen LogP contribution >= 0.6 is 11.3 Å². The second-order valence-corrected chi connectivity index (χ2v) is 5.88. The summed E-state index contributed by atoms with van der Waals surface area (Å²) in [5.41, 5.74) is 2.81. The molecule has 19 heavy (non-hydrogen) atoms. The number of para-hydroxylation sites is 1. The van der Waals surface area contributed by atoms with E-state index in [1.165, 1.54) is 4.88 Å². The minimum Gasteiger partial charge on any atom is -0.340 e. The molecule has 0 saturated heterocycles. The van der Waals surface area contributed by atoms with Gasteiger partial charge in [-0.3, -0.25) is 4.79 Å². The fraction of sp³-hybridized carbons (Fsp3) is 0.200. The van der Waals surface area contributed by atoms with Gasteiger partial charge in [0, 0.05) is 22.0 Å². The van der Waals surface area contributed by atoms with Crippen LogP contribution < -0.4 is 0 Å². The predicted molar refractivity (Wildman–Crippen MR) is 78.0 cm³/mol. The van der Waals surface area contributed by atoms with Crippen LogP contribution in [0.4, 0.5) is 0 Å². The van der Waals surface area contributed by atoms with E-state index in [1.54, 1.807) is 11.3 Å². The van der Waals surface area contributed by atoms with Crippen LogP contribution in [0, 0.1) is 13.8 Å². The number of fused-ring (bicyclic) bond motifs is 1. The molecular formula is C15H14N2OS. The zero-order valence-electron chi connectivity index (χ0n) is 10.9. The van der Waals surface area contributed by atoms with Crippen LogP contribution in [-0.4, -0.2) is 15.8 Å². The van der Waals surface area contributed by atoms with Crippen molar-refractivity contribution < 1.29 is 4.79 Å². The van der Waals surface area contributed by atoms with Gasteiger partial charge in [0.05, 0.1) is 17.8 Å². The number of carbonyl (C=O) groups excluding carboxylic acids is 1. The van der Waals surface area contributed by atoms with Crippen molar-refractivity contribution in [2.45, 2.75) is 20.4 Å². The van der Waals surface area contributed by atoms with Crippen LogP contribution in [0.3, 0.4) is 0 Å². The third-order valence-electron chi connectivity index (χ3n) is 3.33. The average Bonchev–Trinajstić information content (AvgIpc) is 2.94. The number of hydrogen-bond acceptors (Lipinski definition) is 3. The van der Waals surface area contributed by atoms with Gasteiger partial charge in [0.15, 0.2) is 6.29 Å². The quantitative estimate of drug-likeness (QED) is 0.682. The van der Waals surface area contributed by atoms with Gasteiger partial charge in [-0.1, -0.05) is 12.1 Å². The summed E-state index contributed by atoms with van der Waals surface area (Å²) in [4.78, 5) is 17.0. The highest BCUT2D eigenvalue weighted by Crippen LogP contribution is 2.23. The molecule has 0 fully saturated rings. The molecule has 0 N–H and O–H groups in total. The average molecular weight is 270 g/mol. The predicted octanol–water partition coefficient (Wildman–Crippen LogP) is 3.58. The summed E-state index contributed by atoms with van der Waals surface area (Å²) in [6, 6.07) is 7.82. The lowest BCUT2D eigenvalue weighted by Gasteiger charge is -2.04. The molecule has 3 nitrogen and oxygen atoms in total. The first-order valence-electron chi connectivity index (χ1n) is 6.15.